The van der Waals surface area contributed by atoms with Gasteiger partial charge in [0.15, 0.2) is 0 Å². The molecule has 164 valence electrons. The minimum Gasteiger partial charge on any atom is -0.497 e. The van der Waals surface area contributed by atoms with Crippen molar-refractivity contribution < 1.29 is 23.8 Å². The molecule has 0 saturated carbocycles. The fourth-order valence-corrected chi connectivity index (χ4v) is 4.24. The van der Waals surface area contributed by atoms with Gasteiger partial charge in [-0.15, -0.1) is 11.3 Å². The van der Waals surface area contributed by atoms with Crippen molar-refractivity contribution in [2.75, 3.05) is 31.0 Å². The molecule has 32 heavy (non-hydrogen) atoms. The zero-order valence-corrected chi connectivity index (χ0v) is 18.7. The Balaban J connectivity index is 1.81. The van der Waals surface area contributed by atoms with E-state index in [9.17, 15) is 9.59 Å². The van der Waals surface area contributed by atoms with Crippen molar-refractivity contribution in [2.24, 2.45) is 0 Å². The maximum absolute atomic E-state index is 13.6. The van der Waals surface area contributed by atoms with Crippen LogP contribution >= 0.6 is 11.3 Å². The summed E-state index contributed by atoms with van der Waals surface area (Å²) in [6, 6.07) is 15.9. The number of amides is 2. The van der Waals surface area contributed by atoms with Crippen LogP contribution in [0.15, 0.2) is 65.7 Å². The maximum Gasteiger partial charge on any atom is 0.282 e. The summed E-state index contributed by atoms with van der Waals surface area (Å²) in [5, 5.41) is 5.00. The van der Waals surface area contributed by atoms with E-state index >= 15 is 0 Å². The van der Waals surface area contributed by atoms with E-state index in [1.807, 2.05) is 24.4 Å². The summed E-state index contributed by atoms with van der Waals surface area (Å²) in [7, 11) is 3.09. The number of ether oxygens (including phenoxy) is 3. The number of para-hydroxylation sites is 2. The number of benzene rings is 2. The molecule has 1 aliphatic heterocycles. The highest BCUT2D eigenvalue weighted by molar-refractivity contribution is 7.11. The summed E-state index contributed by atoms with van der Waals surface area (Å²) in [6.45, 7) is 2.26. The molecule has 0 unspecified atom stereocenters. The minimum absolute atomic E-state index is 0.173. The third kappa shape index (κ3) is 3.80. The van der Waals surface area contributed by atoms with Crippen molar-refractivity contribution in [3.63, 3.8) is 0 Å². The van der Waals surface area contributed by atoms with Gasteiger partial charge in [-0.2, -0.15) is 0 Å². The number of anilines is 2. The molecule has 2 amide bonds. The van der Waals surface area contributed by atoms with E-state index in [-0.39, 0.29) is 5.70 Å². The summed E-state index contributed by atoms with van der Waals surface area (Å²) in [4.78, 5) is 28.9. The third-order valence-corrected chi connectivity index (χ3v) is 5.81. The third-order valence-electron chi connectivity index (χ3n) is 4.93. The number of carbonyl (C=O) groups is 2. The predicted octanol–water partition coefficient (Wildman–Crippen LogP) is 4.56. The van der Waals surface area contributed by atoms with Gasteiger partial charge in [-0.25, -0.2) is 4.90 Å². The summed E-state index contributed by atoms with van der Waals surface area (Å²) in [6.07, 6.45) is 0. The molecule has 3 aromatic rings. The average molecular weight is 451 g/mol. The first kappa shape index (κ1) is 21.5. The van der Waals surface area contributed by atoms with Crippen molar-refractivity contribution in [3.8, 4) is 17.2 Å². The largest absolute Gasteiger partial charge is 0.497 e. The van der Waals surface area contributed by atoms with Crippen molar-refractivity contribution in [1.82, 2.24) is 0 Å². The van der Waals surface area contributed by atoms with E-state index in [1.54, 1.807) is 49.6 Å². The van der Waals surface area contributed by atoms with Crippen LogP contribution in [-0.4, -0.2) is 32.6 Å². The topological polar surface area (TPSA) is 77.1 Å². The number of rotatable bonds is 8. The molecule has 8 heteroatoms. The van der Waals surface area contributed by atoms with Crippen LogP contribution in [0.3, 0.4) is 0 Å². The zero-order valence-electron chi connectivity index (χ0n) is 17.9. The standard InChI is InChI=1S/C24H22N2O5S/c1-4-31-18-9-6-5-8-17(18)26-23(27)21(20-10-7-13-32-20)22(24(26)28)25-16-12-11-15(29-2)14-19(16)30-3/h5-14,25H,4H2,1-3H3. The Morgan fingerprint density at radius 2 is 1.75 bits per heavy atom. The summed E-state index contributed by atoms with van der Waals surface area (Å²) >= 11 is 1.39. The monoisotopic (exact) mass is 450 g/mol. The highest BCUT2D eigenvalue weighted by Crippen LogP contribution is 2.40. The Morgan fingerprint density at radius 1 is 0.938 bits per heavy atom. The minimum atomic E-state index is -0.469. The number of hydrogen-bond donors (Lipinski definition) is 1. The van der Waals surface area contributed by atoms with Crippen LogP contribution < -0.4 is 24.4 Å². The van der Waals surface area contributed by atoms with Gasteiger partial charge in [0, 0.05) is 10.9 Å². The molecule has 0 bridgehead atoms. The van der Waals surface area contributed by atoms with Gasteiger partial charge < -0.3 is 19.5 Å². The predicted molar refractivity (Wildman–Crippen MR) is 125 cm³/mol. The Labute approximate surface area is 189 Å². The maximum atomic E-state index is 13.6. The number of methoxy groups -OCH3 is 2. The van der Waals surface area contributed by atoms with Crippen LogP contribution in [0.5, 0.6) is 17.2 Å². The molecule has 0 spiro atoms. The van der Waals surface area contributed by atoms with Gasteiger partial charge in [0.25, 0.3) is 11.8 Å². The molecule has 0 radical (unpaired) electrons. The van der Waals surface area contributed by atoms with Crippen LogP contribution in [0, 0.1) is 0 Å². The van der Waals surface area contributed by atoms with E-state index in [1.165, 1.54) is 18.4 Å². The normalized spacial score (nSPS) is 13.5. The van der Waals surface area contributed by atoms with Crippen molar-refractivity contribution >= 4 is 40.1 Å². The molecule has 2 aromatic carbocycles. The van der Waals surface area contributed by atoms with Crippen LogP contribution in [0.4, 0.5) is 11.4 Å². The molecule has 2 heterocycles. The fraction of sp³-hybridized carbons (Fsp3) is 0.167. The average Bonchev–Trinajstić information content (AvgIpc) is 3.41. The van der Waals surface area contributed by atoms with Crippen molar-refractivity contribution in [3.05, 3.63) is 70.6 Å². The Bertz CT molecular complexity index is 1190. The molecular formula is C24H22N2O5S. The molecule has 1 N–H and O–H groups in total. The first-order chi connectivity index (χ1) is 15.6. The molecule has 1 aromatic heterocycles. The lowest BCUT2D eigenvalue weighted by molar-refractivity contribution is -0.120. The zero-order chi connectivity index (χ0) is 22.7. The summed E-state index contributed by atoms with van der Waals surface area (Å²) < 4.78 is 16.4. The molecule has 1 aliphatic rings. The second-order valence-corrected chi connectivity index (χ2v) is 7.71. The Morgan fingerprint density at radius 3 is 2.44 bits per heavy atom. The number of nitrogens with one attached hydrogen (secondary N) is 1. The van der Waals surface area contributed by atoms with Crippen LogP contribution in [0.1, 0.15) is 11.8 Å². The van der Waals surface area contributed by atoms with Crippen LogP contribution in [0.2, 0.25) is 0 Å². The van der Waals surface area contributed by atoms with E-state index in [0.717, 1.165) is 4.90 Å². The molecule has 4 rings (SSSR count). The van der Waals surface area contributed by atoms with E-state index in [0.29, 0.717) is 45.7 Å². The fourth-order valence-electron chi connectivity index (χ4n) is 3.47. The van der Waals surface area contributed by atoms with Gasteiger partial charge in [0.2, 0.25) is 0 Å². The molecule has 0 saturated heterocycles. The number of carbonyl (C=O) groups excluding carboxylic acids is 2. The molecular weight excluding hydrogens is 428 g/mol. The number of imide groups is 1. The lowest BCUT2D eigenvalue weighted by Crippen LogP contribution is -2.32. The first-order valence-electron chi connectivity index (χ1n) is 9.96. The second-order valence-electron chi connectivity index (χ2n) is 6.76. The van der Waals surface area contributed by atoms with Crippen LogP contribution in [-0.2, 0) is 9.59 Å². The molecule has 0 atom stereocenters. The van der Waals surface area contributed by atoms with E-state index in [2.05, 4.69) is 5.32 Å². The summed E-state index contributed by atoms with van der Waals surface area (Å²) in [5.74, 6) is 0.672. The van der Waals surface area contributed by atoms with Gasteiger partial charge in [-0.3, -0.25) is 9.59 Å². The highest BCUT2D eigenvalue weighted by atomic mass is 32.1. The SMILES string of the molecule is CCOc1ccccc1N1C(=O)C(Nc2ccc(OC)cc2OC)=C(c2cccs2)C1=O. The second kappa shape index (κ2) is 9.15. The quantitative estimate of drug-likeness (QED) is 0.507. The molecule has 0 aliphatic carbocycles. The first-order valence-corrected chi connectivity index (χ1v) is 10.8. The van der Waals surface area contributed by atoms with E-state index < -0.39 is 11.8 Å². The van der Waals surface area contributed by atoms with Crippen molar-refractivity contribution in [1.29, 1.82) is 0 Å². The molecule has 7 nitrogen and oxygen atoms in total. The van der Waals surface area contributed by atoms with Gasteiger partial charge in [-0.05, 0) is 42.6 Å². The van der Waals surface area contributed by atoms with Crippen LogP contribution in [0.25, 0.3) is 5.57 Å². The number of hydrogen-bond acceptors (Lipinski definition) is 7. The van der Waals surface area contributed by atoms with E-state index in [4.69, 9.17) is 14.2 Å². The summed E-state index contributed by atoms with van der Waals surface area (Å²) in [5.41, 5.74) is 1.41. The number of thiophene rings is 1. The van der Waals surface area contributed by atoms with Gasteiger partial charge in [-0.1, -0.05) is 18.2 Å². The Kier molecular flexibility index (Phi) is 6.13. The molecule has 0 fully saturated rings. The van der Waals surface area contributed by atoms with Gasteiger partial charge in [0.1, 0.15) is 22.9 Å². The lowest BCUT2D eigenvalue weighted by Gasteiger charge is -2.19. The lowest BCUT2D eigenvalue weighted by atomic mass is 10.1. The number of nitrogens with zero attached hydrogens (tertiary/aromatic N) is 1. The smallest absolute Gasteiger partial charge is 0.282 e. The van der Waals surface area contributed by atoms with Gasteiger partial charge in [0.05, 0.1) is 37.8 Å². The van der Waals surface area contributed by atoms with Gasteiger partial charge >= 0.3 is 0 Å². The highest BCUT2D eigenvalue weighted by Gasteiger charge is 2.42. The van der Waals surface area contributed by atoms with Crippen molar-refractivity contribution in [2.45, 2.75) is 6.92 Å². The Hall–Kier alpha value is -3.78.